The molecule has 0 aliphatic carbocycles. The second-order valence-electron chi connectivity index (χ2n) is 9.73. The van der Waals surface area contributed by atoms with Crippen molar-refractivity contribution in [1.82, 2.24) is 24.6 Å². The molecule has 0 unspecified atom stereocenters. The molecule has 1 N–H and O–H groups in total. The van der Waals surface area contributed by atoms with Gasteiger partial charge in [0, 0.05) is 69.5 Å². The van der Waals surface area contributed by atoms with Gasteiger partial charge in [0.2, 0.25) is 5.91 Å². The number of carbonyl (C=O) groups excluding carboxylic acids is 2. The summed E-state index contributed by atoms with van der Waals surface area (Å²) in [6, 6.07) is 14.5. The predicted octanol–water partition coefficient (Wildman–Crippen LogP) is 2.84. The predicted molar refractivity (Wildman–Crippen MR) is 138 cm³/mol. The molecule has 0 bridgehead atoms. The van der Waals surface area contributed by atoms with Gasteiger partial charge in [-0.05, 0) is 43.1 Å². The van der Waals surface area contributed by atoms with Crippen molar-refractivity contribution in [2.45, 2.75) is 12.8 Å². The van der Waals surface area contributed by atoms with Crippen molar-refractivity contribution in [1.29, 1.82) is 0 Å². The van der Waals surface area contributed by atoms with Crippen LogP contribution in [0.1, 0.15) is 22.3 Å². The van der Waals surface area contributed by atoms with Crippen molar-refractivity contribution in [3.05, 3.63) is 71.7 Å². The van der Waals surface area contributed by atoms with Crippen LogP contribution in [0.3, 0.4) is 0 Å². The number of nitrogens with one attached hydrogen (secondary N) is 1. The van der Waals surface area contributed by atoms with Crippen molar-refractivity contribution >= 4 is 22.7 Å². The molecule has 0 saturated carbocycles. The molecule has 2 fully saturated rings. The van der Waals surface area contributed by atoms with Crippen molar-refractivity contribution in [3.63, 3.8) is 0 Å². The fourth-order valence-electron chi connectivity index (χ4n) is 5.26. The molecular formula is C28H34FN5O2. The zero-order valence-corrected chi connectivity index (χ0v) is 20.7. The first kappa shape index (κ1) is 24.5. The number of carbonyl (C=O) groups is 2. The molecule has 190 valence electrons. The number of hydrogen-bond donors (Lipinski definition) is 1. The maximum absolute atomic E-state index is 14.0. The van der Waals surface area contributed by atoms with Crippen molar-refractivity contribution in [2.75, 3.05) is 65.4 Å². The monoisotopic (exact) mass is 491 g/mol. The summed E-state index contributed by atoms with van der Waals surface area (Å²) in [6.07, 6.45) is 4.27. The number of benzene rings is 2. The number of rotatable bonds is 7. The molecule has 5 rings (SSSR count). The molecule has 2 aliphatic rings. The Morgan fingerprint density at radius 2 is 1.47 bits per heavy atom. The third-order valence-electron chi connectivity index (χ3n) is 7.44. The minimum absolute atomic E-state index is 0.112. The van der Waals surface area contributed by atoms with Gasteiger partial charge in [-0.2, -0.15) is 0 Å². The number of nitrogens with zero attached hydrogens (tertiary/aromatic N) is 4. The number of aromatic amines is 1. The van der Waals surface area contributed by atoms with E-state index in [0.717, 1.165) is 45.6 Å². The number of hydrogen-bond acceptors (Lipinski definition) is 4. The Balaban J connectivity index is 1.01. The summed E-state index contributed by atoms with van der Waals surface area (Å²) in [5.74, 6) is -0.612. The third-order valence-corrected chi connectivity index (χ3v) is 7.44. The molecule has 0 spiro atoms. The second kappa shape index (κ2) is 11.2. The average molecular weight is 492 g/mol. The van der Waals surface area contributed by atoms with Crippen molar-refractivity contribution in [3.8, 4) is 0 Å². The van der Waals surface area contributed by atoms with Gasteiger partial charge in [0.05, 0.1) is 12.1 Å². The van der Waals surface area contributed by atoms with E-state index in [0.29, 0.717) is 32.7 Å². The Morgan fingerprint density at radius 3 is 2.25 bits per heavy atom. The van der Waals surface area contributed by atoms with Crippen LogP contribution in [0.5, 0.6) is 0 Å². The lowest BCUT2D eigenvalue weighted by Gasteiger charge is -2.38. The summed E-state index contributed by atoms with van der Waals surface area (Å²) in [6.45, 7) is 7.01. The molecule has 3 heterocycles. The topological polar surface area (TPSA) is 62.9 Å². The van der Waals surface area contributed by atoms with Crippen LogP contribution in [-0.4, -0.2) is 102 Å². The minimum atomic E-state index is -0.489. The summed E-state index contributed by atoms with van der Waals surface area (Å²) in [5.41, 5.74) is 2.68. The fraction of sp³-hybridized carbons (Fsp3) is 0.429. The fourth-order valence-corrected chi connectivity index (χ4v) is 5.26. The molecule has 8 heteroatoms. The number of aryl methyl sites for hydroxylation is 1. The number of amides is 2. The van der Waals surface area contributed by atoms with Crippen LogP contribution in [-0.2, 0) is 11.2 Å². The van der Waals surface area contributed by atoms with Gasteiger partial charge in [0.25, 0.3) is 5.91 Å². The number of aromatic nitrogens is 1. The van der Waals surface area contributed by atoms with Gasteiger partial charge in [0.1, 0.15) is 5.82 Å². The number of fused-ring (bicyclic) bond motifs is 1. The van der Waals surface area contributed by atoms with Crippen LogP contribution in [0.4, 0.5) is 4.39 Å². The van der Waals surface area contributed by atoms with Crippen LogP contribution < -0.4 is 0 Å². The molecule has 3 aromatic rings. The summed E-state index contributed by atoms with van der Waals surface area (Å²) >= 11 is 0. The number of H-pyrrole nitrogens is 1. The van der Waals surface area contributed by atoms with Crippen molar-refractivity contribution in [2.24, 2.45) is 0 Å². The highest BCUT2D eigenvalue weighted by Crippen LogP contribution is 2.19. The molecule has 2 aromatic carbocycles. The second-order valence-corrected chi connectivity index (χ2v) is 9.73. The normalized spacial score (nSPS) is 17.6. The van der Waals surface area contributed by atoms with E-state index in [1.807, 2.05) is 4.90 Å². The van der Waals surface area contributed by atoms with E-state index in [-0.39, 0.29) is 17.4 Å². The van der Waals surface area contributed by atoms with Crippen LogP contribution in [0.2, 0.25) is 0 Å². The molecule has 2 aliphatic heterocycles. The van der Waals surface area contributed by atoms with E-state index in [4.69, 9.17) is 0 Å². The Bertz CT molecular complexity index is 1200. The molecule has 2 saturated heterocycles. The highest BCUT2D eigenvalue weighted by molar-refractivity contribution is 5.94. The van der Waals surface area contributed by atoms with Gasteiger partial charge in [-0.1, -0.05) is 30.3 Å². The molecule has 7 nitrogen and oxygen atoms in total. The van der Waals surface area contributed by atoms with E-state index >= 15 is 0 Å². The third kappa shape index (κ3) is 5.60. The quantitative estimate of drug-likeness (QED) is 0.552. The first-order valence-corrected chi connectivity index (χ1v) is 12.9. The summed E-state index contributed by atoms with van der Waals surface area (Å²) in [7, 11) is 0. The molecule has 1 aromatic heterocycles. The Labute approximate surface area is 211 Å². The maximum atomic E-state index is 14.0. The molecule has 0 atom stereocenters. The number of halogens is 1. The van der Waals surface area contributed by atoms with Gasteiger partial charge in [0.15, 0.2) is 0 Å². The minimum Gasteiger partial charge on any atom is -0.361 e. The zero-order chi connectivity index (χ0) is 24.9. The summed E-state index contributed by atoms with van der Waals surface area (Å²) in [4.78, 5) is 37.0. The lowest BCUT2D eigenvalue weighted by atomic mass is 10.1. The van der Waals surface area contributed by atoms with Crippen LogP contribution in [0, 0.1) is 5.82 Å². The maximum Gasteiger partial charge on any atom is 0.256 e. The van der Waals surface area contributed by atoms with Crippen molar-refractivity contribution < 1.29 is 14.0 Å². The van der Waals surface area contributed by atoms with E-state index in [1.54, 1.807) is 17.0 Å². The SMILES string of the molecule is O=C(CN1CCN(C(=O)c2ccccc2F)CC1)N1CCN(CCCc2c[nH]c3ccccc23)CC1. The summed E-state index contributed by atoms with van der Waals surface area (Å²) < 4.78 is 14.0. The van der Waals surface area contributed by atoms with Gasteiger partial charge in [-0.25, -0.2) is 4.39 Å². The van der Waals surface area contributed by atoms with E-state index in [2.05, 4.69) is 45.2 Å². The van der Waals surface area contributed by atoms with Crippen LogP contribution in [0.15, 0.2) is 54.7 Å². The van der Waals surface area contributed by atoms with Gasteiger partial charge >= 0.3 is 0 Å². The highest BCUT2D eigenvalue weighted by Gasteiger charge is 2.27. The van der Waals surface area contributed by atoms with E-state index < -0.39 is 5.82 Å². The van der Waals surface area contributed by atoms with Gasteiger partial charge in [-0.15, -0.1) is 0 Å². The molecule has 36 heavy (non-hydrogen) atoms. The van der Waals surface area contributed by atoms with E-state index in [9.17, 15) is 14.0 Å². The first-order chi connectivity index (χ1) is 17.6. The Kier molecular flexibility index (Phi) is 7.63. The number of para-hydroxylation sites is 1. The van der Waals surface area contributed by atoms with E-state index in [1.165, 1.54) is 28.6 Å². The Morgan fingerprint density at radius 1 is 0.806 bits per heavy atom. The smallest absolute Gasteiger partial charge is 0.256 e. The largest absolute Gasteiger partial charge is 0.361 e. The first-order valence-electron chi connectivity index (χ1n) is 12.9. The van der Waals surface area contributed by atoms with Gasteiger partial charge < -0.3 is 14.8 Å². The lowest BCUT2D eigenvalue weighted by molar-refractivity contribution is -0.134. The number of piperazine rings is 2. The molecular weight excluding hydrogens is 457 g/mol. The average Bonchev–Trinajstić information content (AvgIpc) is 3.32. The Hall–Kier alpha value is -3.23. The highest BCUT2D eigenvalue weighted by atomic mass is 19.1. The standard InChI is InChI=1S/C28H34FN5O2/c29-25-9-3-1-8-24(25)28(36)34-18-14-32(15-19-34)21-27(35)33-16-12-31(13-17-33)11-5-6-22-20-30-26-10-4-2-7-23(22)26/h1-4,7-10,20,30H,5-6,11-19,21H2. The van der Waals surface area contributed by atoms with Gasteiger partial charge in [-0.3, -0.25) is 19.4 Å². The summed E-state index contributed by atoms with van der Waals surface area (Å²) in [5, 5.41) is 1.31. The van der Waals surface area contributed by atoms with Crippen LogP contribution >= 0.6 is 0 Å². The van der Waals surface area contributed by atoms with Crippen LogP contribution in [0.25, 0.3) is 10.9 Å². The lowest BCUT2D eigenvalue weighted by Crippen LogP contribution is -2.54. The molecule has 2 amide bonds. The zero-order valence-electron chi connectivity index (χ0n) is 20.7. The molecule has 0 radical (unpaired) electrons.